The van der Waals surface area contributed by atoms with Crippen molar-refractivity contribution < 1.29 is 9.53 Å². The van der Waals surface area contributed by atoms with Crippen LogP contribution in [0.1, 0.15) is 37.7 Å². The molecule has 1 aliphatic heterocycles. The lowest BCUT2D eigenvalue weighted by molar-refractivity contribution is -0.147. The number of anilines is 1. The molecule has 1 heterocycles. The van der Waals surface area contributed by atoms with Crippen LogP contribution in [-0.4, -0.2) is 29.6 Å². The Morgan fingerprint density at radius 1 is 1.25 bits per heavy atom. The lowest BCUT2D eigenvalue weighted by atomic mass is 10.1. The molecule has 4 nitrogen and oxygen atoms in total. The number of nitrogens with zero attached hydrogens (tertiary/aromatic N) is 1. The highest BCUT2D eigenvalue weighted by Gasteiger charge is 2.36. The van der Waals surface area contributed by atoms with Crippen LogP contribution in [0.4, 0.5) is 5.69 Å². The number of para-hydroxylation sites is 1. The molecule has 3 rings (SSSR count). The Hall–Kier alpha value is -1.55. The Balaban J connectivity index is 1.72. The van der Waals surface area contributed by atoms with Gasteiger partial charge >= 0.3 is 0 Å². The summed E-state index contributed by atoms with van der Waals surface area (Å²) in [4.78, 5) is 14.6. The summed E-state index contributed by atoms with van der Waals surface area (Å²) in [5.41, 5.74) is 7.79. The number of rotatable bonds is 4. The van der Waals surface area contributed by atoms with Gasteiger partial charge in [0.15, 0.2) is 0 Å². The van der Waals surface area contributed by atoms with Gasteiger partial charge in [0.05, 0.1) is 0 Å². The Morgan fingerprint density at radius 3 is 2.70 bits per heavy atom. The molecule has 0 bridgehead atoms. The molecule has 2 N–H and O–H groups in total. The average Bonchev–Trinajstić information content (AvgIpc) is 3.31. The fraction of sp³-hybridized carbons (Fsp3) is 0.562. The summed E-state index contributed by atoms with van der Waals surface area (Å²) in [6.45, 7) is 1.32. The predicted octanol–water partition coefficient (Wildman–Crippen LogP) is 2.33. The van der Waals surface area contributed by atoms with Crippen molar-refractivity contribution in [1.29, 1.82) is 0 Å². The fourth-order valence-corrected chi connectivity index (χ4v) is 2.76. The molecular formula is C16H22N2O2. The molecule has 4 heteroatoms. The van der Waals surface area contributed by atoms with Crippen molar-refractivity contribution in [3.05, 3.63) is 29.8 Å². The summed E-state index contributed by atoms with van der Waals surface area (Å²) < 4.78 is 5.64. The van der Waals surface area contributed by atoms with E-state index in [0.29, 0.717) is 19.2 Å². The molecule has 1 aromatic carbocycles. The second-order valence-electron chi connectivity index (χ2n) is 5.75. The first-order chi connectivity index (χ1) is 9.75. The molecule has 1 unspecified atom stereocenters. The third-order valence-electron chi connectivity index (χ3n) is 4.12. The van der Waals surface area contributed by atoms with E-state index in [0.717, 1.165) is 43.4 Å². The maximum atomic E-state index is 12.7. The van der Waals surface area contributed by atoms with Gasteiger partial charge in [-0.1, -0.05) is 18.2 Å². The summed E-state index contributed by atoms with van der Waals surface area (Å²) in [6, 6.07) is 8.17. The van der Waals surface area contributed by atoms with E-state index in [4.69, 9.17) is 10.5 Å². The highest BCUT2D eigenvalue weighted by atomic mass is 16.5. The van der Waals surface area contributed by atoms with Gasteiger partial charge in [0, 0.05) is 24.9 Å². The van der Waals surface area contributed by atoms with Crippen molar-refractivity contribution in [3.63, 3.8) is 0 Å². The minimum Gasteiger partial charge on any atom is -0.398 e. The molecule has 1 atom stereocenters. The van der Waals surface area contributed by atoms with Gasteiger partial charge in [-0.05, 0) is 43.7 Å². The van der Waals surface area contributed by atoms with Crippen molar-refractivity contribution in [3.8, 4) is 0 Å². The van der Waals surface area contributed by atoms with Crippen molar-refractivity contribution in [2.24, 2.45) is 0 Å². The van der Waals surface area contributed by atoms with E-state index in [2.05, 4.69) is 0 Å². The zero-order valence-electron chi connectivity index (χ0n) is 11.8. The second-order valence-corrected chi connectivity index (χ2v) is 5.75. The van der Waals surface area contributed by atoms with Gasteiger partial charge in [-0.25, -0.2) is 0 Å². The maximum Gasteiger partial charge on any atom is 0.252 e. The van der Waals surface area contributed by atoms with Crippen LogP contribution in [0.25, 0.3) is 0 Å². The quantitative estimate of drug-likeness (QED) is 0.857. The standard InChI is InChI=1S/C16H22N2O2/c17-14-6-2-1-5-12(14)11-18(13-8-9-13)16(19)15-7-3-4-10-20-15/h1-2,5-6,13,15H,3-4,7-11,17H2. The van der Waals surface area contributed by atoms with Crippen LogP contribution in [0, 0.1) is 0 Å². The molecule has 1 aliphatic carbocycles. The SMILES string of the molecule is Nc1ccccc1CN(C(=O)C1CCCCO1)C1CC1. The fourth-order valence-electron chi connectivity index (χ4n) is 2.76. The van der Waals surface area contributed by atoms with Gasteiger partial charge in [0.1, 0.15) is 6.10 Å². The van der Waals surface area contributed by atoms with Crippen LogP contribution in [0.2, 0.25) is 0 Å². The number of benzene rings is 1. The molecule has 1 aromatic rings. The third kappa shape index (κ3) is 2.96. The molecule has 108 valence electrons. The summed E-state index contributed by atoms with van der Waals surface area (Å²) in [6.07, 6.45) is 4.97. The minimum atomic E-state index is -0.241. The molecule has 1 saturated carbocycles. The number of hydrogen-bond acceptors (Lipinski definition) is 3. The number of ether oxygens (including phenoxy) is 1. The maximum absolute atomic E-state index is 12.7. The predicted molar refractivity (Wildman–Crippen MR) is 78.0 cm³/mol. The van der Waals surface area contributed by atoms with Crippen LogP contribution in [0.5, 0.6) is 0 Å². The number of nitrogens with two attached hydrogens (primary N) is 1. The van der Waals surface area contributed by atoms with Crippen LogP contribution >= 0.6 is 0 Å². The molecule has 0 aromatic heterocycles. The molecule has 0 radical (unpaired) electrons. The van der Waals surface area contributed by atoms with Gasteiger partial charge in [0.2, 0.25) is 0 Å². The summed E-state index contributed by atoms with van der Waals surface area (Å²) in [5.74, 6) is 0.149. The monoisotopic (exact) mass is 274 g/mol. The summed E-state index contributed by atoms with van der Waals surface area (Å²) >= 11 is 0. The highest BCUT2D eigenvalue weighted by Crippen LogP contribution is 2.31. The Morgan fingerprint density at radius 2 is 2.05 bits per heavy atom. The molecule has 0 spiro atoms. The van der Waals surface area contributed by atoms with E-state index in [9.17, 15) is 4.79 Å². The van der Waals surface area contributed by atoms with Gasteiger partial charge in [0.25, 0.3) is 5.91 Å². The van der Waals surface area contributed by atoms with Gasteiger partial charge in [-0.2, -0.15) is 0 Å². The number of carbonyl (C=O) groups is 1. The first-order valence-corrected chi connectivity index (χ1v) is 7.51. The van der Waals surface area contributed by atoms with E-state index in [1.165, 1.54) is 0 Å². The molecular weight excluding hydrogens is 252 g/mol. The molecule has 1 amide bonds. The van der Waals surface area contributed by atoms with Gasteiger partial charge in [-0.3, -0.25) is 4.79 Å². The van der Waals surface area contributed by atoms with E-state index >= 15 is 0 Å². The van der Waals surface area contributed by atoms with Crippen LogP contribution in [-0.2, 0) is 16.1 Å². The Labute approximate surface area is 119 Å². The lowest BCUT2D eigenvalue weighted by Gasteiger charge is -2.30. The van der Waals surface area contributed by atoms with Crippen molar-refractivity contribution in [2.45, 2.75) is 50.8 Å². The van der Waals surface area contributed by atoms with E-state index in [-0.39, 0.29) is 12.0 Å². The number of hydrogen-bond donors (Lipinski definition) is 1. The van der Waals surface area contributed by atoms with Crippen LogP contribution in [0.3, 0.4) is 0 Å². The summed E-state index contributed by atoms with van der Waals surface area (Å²) in [7, 11) is 0. The second kappa shape index (κ2) is 5.83. The largest absolute Gasteiger partial charge is 0.398 e. The van der Waals surface area contributed by atoms with Crippen LogP contribution < -0.4 is 5.73 Å². The Bertz CT molecular complexity index is 479. The molecule has 20 heavy (non-hydrogen) atoms. The van der Waals surface area contributed by atoms with Gasteiger partial charge in [-0.15, -0.1) is 0 Å². The normalized spacial score (nSPS) is 22.5. The lowest BCUT2D eigenvalue weighted by Crippen LogP contribution is -2.42. The number of carbonyl (C=O) groups excluding carboxylic acids is 1. The van der Waals surface area contributed by atoms with Gasteiger partial charge < -0.3 is 15.4 Å². The van der Waals surface area contributed by atoms with E-state index in [1.807, 2.05) is 29.2 Å². The van der Waals surface area contributed by atoms with E-state index < -0.39 is 0 Å². The van der Waals surface area contributed by atoms with Crippen LogP contribution in [0.15, 0.2) is 24.3 Å². The van der Waals surface area contributed by atoms with Crippen molar-refractivity contribution in [1.82, 2.24) is 4.90 Å². The zero-order valence-corrected chi connectivity index (χ0v) is 11.8. The average molecular weight is 274 g/mol. The third-order valence-corrected chi connectivity index (χ3v) is 4.12. The molecule has 1 saturated heterocycles. The van der Waals surface area contributed by atoms with Crippen molar-refractivity contribution >= 4 is 11.6 Å². The first kappa shape index (κ1) is 13.4. The molecule has 2 fully saturated rings. The zero-order chi connectivity index (χ0) is 13.9. The minimum absolute atomic E-state index is 0.149. The molecule has 2 aliphatic rings. The summed E-state index contributed by atoms with van der Waals surface area (Å²) in [5, 5.41) is 0. The highest BCUT2D eigenvalue weighted by molar-refractivity contribution is 5.81. The topological polar surface area (TPSA) is 55.6 Å². The smallest absolute Gasteiger partial charge is 0.252 e. The Kier molecular flexibility index (Phi) is 3.92. The van der Waals surface area contributed by atoms with Crippen molar-refractivity contribution in [2.75, 3.05) is 12.3 Å². The van der Waals surface area contributed by atoms with E-state index in [1.54, 1.807) is 0 Å². The first-order valence-electron chi connectivity index (χ1n) is 7.51. The number of nitrogen functional groups attached to an aromatic ring is 1. The number of amides is 1.